The maximum Gasteiger partial charge on any atom is 0.0676 e. The van der Waals surface area contributed by atoms with Crippen LogP contribution in [0, 0.1) is 0 Å². The van der Waals surface area contributed by atoms with Gasteiger partial charge < -0.3 is 21.5 Å². The Morgan fingerprint density at radius 1 is 1.38 bits per heavy atom. The quantitative estimate of drug-likeness (QED) is 0.441. The summed E-state index contributed by atoms with van der Waals surface area (Å²) in [5.41, 5.74) is 5.61. The fourth-order valence-corrected chi connectivity index (χ4v) is 1.62. The highest BCUT2D eigenvalue weighted by atomic mass is 16.3. The van der Waals surface area contributed by atoms with Gasteiger partial charge >= 0.3 is 0 Å². The second kappa shape index (κ2) is 8.93. The number of hydrogen-bond acceptors (Lipinski definition) is 4. The first-order valence-electron chi connectivity index (χ1n) is 6.35. The lowest BCUT2D eigenvalue weighted by molar-refractivity contribution is 0.157. The highest BCUT2D eigenvalue weighted by molar-refractivity contribution is 4.77. The molecule has 4 nitrogen and oxygen atoms in total. The first-order valence-corrected chi connectivity index (χ1v) is 6.35. The number of nitrogens with two attached hydrogens (primary N) is 1. The molecule has 0 aliphatic rings. The smallest absolute Gasteiger partial charge is 0.0676 e. The summed E-state index contributed by atoms with van der Waals surface area (Å²) in [6, 6.07) is 0. The molecule has 1 unspecified atom stereocenters. The zero-order valence-corrected chi connectivity index (χ0v) is 11.1. The van der Waals surface area contributed by atoms with Crippen molar-refractivity contribution in [3.63, 3.8) is 0 Å². The van der Waals surface area contributed by atoms with Crippen molar-refractivity contribution < 1.29 is 5.11 Å². The SMILES string of the molecule is CCNCC(O)CCNC(C)(C)CCCN. The van der Waals surface area contributed by atoms with Crippen LogP contribution in [0.1, 0.15) is 40.0 Å². The molecule has 0 radical (unpaired) electrons. The van der Waals surface area contributed by atoms with Crippen LogP contribution in [0.25, 0.3) is 0 Å². The van der Waals surface area contributed by atoms with Gasteiger partial charge in [0, 0.05) is 12.1 Å². The van der Waals surface area contributed by atoms with Crippen LogP contribution in [0.3, 0.4) is 0 Å². The van der Waals surface area contributed by atoms with E-state index in [1.807, 2.05) is 6.92 Å². The summed E-state index contributed by atoms with van der Waals surface area (Å²) in [6.45, 7) is 9.59. The number of likely N-dealkylation sites (N-methyl/N-ethyl adjacent to an activating group) is 1. The van der Waals surface area contributed by atoms with Crippen LogP contribution >= 0.6 is 0 Å². The lowest BCUT2D eigenvalue weighted by Gasteiger charge is -2.27. The molecule has 5 N–H and O–H groups in total. The number of rotatable bonds is 10. The largest absolute Gasteiger partial charge is 0.392 e. The summed E-state index contributed by atoms with van der Waals surface area (Å²) in [5.74, 6) is 0. The van der Waals surface area contributed by atoms with Gasteiger partial charge in [-0.1, -0.05) is 6.92 Å². The van der Waals surface area contributed by atoms with Gasteiger partial charge in [0.2, 0.25) is 0 Å². The molecule has 4 heteroatoms. The molecule has 0 saturated carbocycles. The molecule has 0 amide bonds. The molecular weight excluding hydrogens is 202 g/mol. The van der Waals surface area contributed by atoms with Crippen molar-refractivity contribution in [2.24, 2.45) is 5.73 Å². The van der Waals surface area contributed by atoms with Gasteiger partial charge in [-0.25, -0.2) is 0 Å². The molecule has 16 heavy (non-hydrogen) atoms. The minimum Gasteiger partial charge on any atom is -0.392 e. The van der Waals surface area contributed by atoms with E-state index < -0.39 is 0 Å². The van der Waals surface area contributed by atoms with Crippen molar-refractivity contribution >= 4 is 0 Å². The maximum atomic E-state index is 9.63. The lowest BCUT2D eigenvalue weighted by atomic mass is 9.98. The van der Waals surface area contributed by atoms with E-state index in [2.05, 4.69) is 24.5 Å². The maximum absolute atomic E-state index is 9.63. The van der Waals surface area contributed by atoms with Crippen molar-refractivity contribution in [3.8, 4) is 0 Å². The van der Waals surface area contributed by atoms with Crippen LogP contribution in [0.4, 0.5) is 0 Å². The van der Waals surface area contributed by atoms with Gasteiger partial charge in [0.1, 0.15) is 0 Å². The van der Waals surface area contributed by atoms with Gasteiger partial charge in [-0.3, -0.25) is 0 Å². The Bertz CT molecular complexity index is 162. The van der Waals surface area contributed by atoms with E-state index in [9.17, 15) is 5.11 Å². The van der Waals surface area contributed by atoms with Crippen LogP contribution in [0.2, 0.25) is 0 Å². The molecular formula is C12H29N3O. The van der Waals surface area contributed by atoms with Crippen LogP contribution in [-0.4, -0.2) is 42.9 Å². The second-order valence-corrected chi connectivity index (χ2v) is 4.95. The summed E-state index contributed by atoms with van der Waals surface area (Å²) in [6.07, 6.45) is 2.66. The summed E-state index contributed by atoms with van der Waals surface area (Å²) >= 11 is 0. The van der Waals surface area contributed by atoms with Gasteiger partial charge in [0.05, 0.1) is 6.10 Å². The Morgan fingerprint density at radius 2 is 2.06 bits per heavy atom. The molecule has 1 atom stereocenters. The van der Waals surface area contributed by atoms with Gasteiger partial charge in [0.15, 0.2) is 0 Å². The van der Waals surface area contributed by atoms with E-state index in [0.29, 0.717) is 6.54 Å². The van der Waals surface area contributed by atoms with E-state index in [1.165, 1.54) is 0 Å². The van der Waals surface area contributed by atoms with Gasteiger partial charge in [-0.15, -0.1) is 0 Å². The lowest BCUT2D eigenvalue weighted by Crippen LogP contribution is -2.41. The predicted octanol–water partition coefficient (Wildman–Crippen LogP) is 0.454. The standard InChI is InChI=1S/C12H29N3O/c1-4-14-10-11(16)6-9-15-12(2,3)7-5-8-13/h11,14-16H,4-10,13H2,1-3H3. The summed E-state index contributed by atoms with van der Waals surface area (Å²) in [7, 11) is 0. The monoisotopic (exact) mass is 231 g/mol. The van der Waals surface area contributed by atoms with Gasteiger partial charge in [0.25, 0.3) is 0 Å². The molecule has 0 aromatic rings. The Morgan fingerprint density at radius 3 is 2.62 bits per heavy atom. The Balaban J connectivity index is 3.54. The van der Waals surface area contributed by atoms with Crippen molar-refractivity contribution in [3.05, 3.63) is 0 Å². The minimum atomic E-state index is -0.252. The molecule has 0 aromatic heterocycles. The molecule has 0 spiro atoms. The zero-order valence-electron chi connectivity index (χ0n) is 11.1. The van der Waals surface area contributed by atoms with Crippen LogP contribution in [0.5, 0.6) is 0 Å². The number of aliphatic hydroxyl groups is 1. The van der Waals surface area contributed by atoms with E-state index in [4.69, 9.17) is 5.73 Å². The highest BCUT2D eigenvalue weighted by Crippen LogP contribution is 2.10. The highest BCUT2D eigenvalue weighted by Gasteiger charge is 2.16. The number of aliphatic hydroxyl groups excluding tert-OH is 1. The molecule has 0 fully saturated rings. The molecule has 0 aliphatic heterocycles. The number of nitrogens with one attached hydrogen (secondary N) is 2. The minimum absolute atomic E-state index is 0.122. The van der Waals surface area contributed by atoms with Crippen LogP contribution in [0.15, 0.2) is 0 Å². The van der Waals surface area contributed by atoms with Gasteiger partial charge in [-0.2, -0.15) is 0 Å². The molecule has 0 bridgehead atoms. The zero-order chi connectivity index (χ0) is 12.4. The van der Waals surface area contributed by atoms with Crippen molar-refractivity contribution in [2.75, 3.05) is 26.2 Å². The average Bonchev–Trinajstić information content (AvgIpc) is 2.23. The van der Waals surface area contributed by atoms with E-state index in [0.717, 1.165) is 38.9 Å². The Hall–Kier alpha value is -0.160. The Kier molecular flexibility index (Phi) is 8.84. The molecule has 98 valence electrons. The predicted molar refractivity (Wildman–Crippen MR) is 69.5 cm³/mol. The topological polar surface area (TPSA) is 70.3 Å². The first-order chi connectivity index (χ1) is 7.52. The third-order valence-electron chi connectivity index (χ3n) is 2.72. The summed E-state index contributed by atoms with van der Waals surface area (Å²) in [5, 5.41) is 16.2. The second-order valence-electron chi connectivity index (χ2n) is 4.95. The van der Waals surface area contributed by atoms with Crippen molar-refractivity contribution in [1.82, 2.24) is 10.6 Å². The van der Waals surface area contributed by atoms with Crippen molar-refractivity contribution in [2.45, 2.75) is 51.7 Å². The van der Waals surface area contributed by atoms with E-state index >= 15 is 0 Å². The molecule has 0 saturated heterocycles. The number of hydrogen-bond donors (Lipinski definition) is 4. The fourth-order valence-electron chi connectivity index (χ4n) is 1.62. The molecule has 0 aliphatic carbocycles. The summed E-state index contributed by atoms with van der Waals surface area (Å²) in [4.78, 5) is 0. The third-order valence-corrected chi connectivity index (χ3v) is 2.72. The van der Waals surface area contributed by atoms with Crippen LogP contribution < -0.4 is 16.4 Å². The summed E-state index contributed by atoms with van der Waals surface area (Å²) < 4.78 is 0. The normalized spacial score (nSPS) is 14.1. The Labute approximate surface area is 100.0 Å². The van der Waals surface area contributed by atoms with Crippen molar-refractivity contribution in [1.29, 1.82) is 0 Å². The van der Waals surface area contributed by atoms with E-state index in [-0.39, 0.29) is 11.6 Å². The van der Waals surface area contributed by atoms with Gasteiger partial charge in [-0.05, 0) is 52.7 Å². The molecule has 0 rings (SSSR count). The average molecular weight is 231 g/mol. The van der Waals surface area contributed by atoms with E-state index in [1.54, 1.807) is 0 Å². The fraction of sp³-hybridized carbons (Fsp3) is 1.00. The van der Waals surface area contributed by atoms with Crippen LogP contribution in [-0.2, 0) is 0 Å². The first kappa shape index (κ1) is 15.8. The molecule has 0 heterocycles. The third kappa shape index (κ3) is 9.09. The molecule has 0 aromatic carbocycles.